The Hall–Kier alpha value is -2.94. The van der Waals surface area contributed by atoms with Gasteiger partial charge in [-0.1, -0.05) is 17.7 Å². The van der Waals surface area contributed by atoms with Crippen LogP contribution in [-0.4, -0.2) is 56.6 Å². The summed E-state index contributed by atoms with van der Waals surface area (Å²) in [6, 6.07) is 12.0. The number of nitrogens with one attached hydrogen (secondary N) is 1. The van der Waals surface area contributed by atoms with Gasteiger partial charge in [-0.2, -0.15) is 0 Å². The number of hydrogen-bond donors (Lipinski definition) is 2. The SMILES string of the molecule is Cc1cc(C(=O)O)cc2nc(C(=O)NC3CCN(C4CC4)CC3)n(Cc3cc4ccc(Cl)cc4s3)c12. The smallest absolute Gasteiger partial charge is 0.335 e. The molecule has 6 rings (SSSR count). The quantitative estimate of drug-likeness (QED) is 0.358. The largest absolute Gasteiger partial charge is 0.478 e. The first-order chi connectivity index (χ1) is 17.4. The van der Waals surface area contributed by atoms with Crippen LogP contribution in [0.5, 0.6) is 0 Å². The molecule has 2 aliphatic rings. The van der Waals surface area contributed by atoms with Crippen molar-refractivity contribution in [1.82, 2.24) is 19.8 Å². The molecule has 0 bridgehead atoms. The van der Waals surface area contributed by atoms with E-state index in [2.05, 4.69) is 21.3 Å². The first-order valence-electron chi connectivity index (χ1n) is 12.3. The Labute approximate surface area is 217 Å². The highest BCUT2D eigenvalue weighted by Gasteiger charge is 2.32. The van der Waals surface area contributed by atoms with Crippen molar-refractivity contribution in [2.45, 2.75) is 51.2 Å². The minimum Gasteiger partial charge on any atom is -0.478 e. The summed E-state index contributed by atoms with van der Waals surface area (Å²) < 4.78 is 3.01. The molecule has 0 radical (unpaired) electrons. The molecule has 2 aromatic carbocycles. The Bertz CT molecular complexity index is 1500. The van der Waals surface area contributed by atoms with Crippen LogP contribution in [0.25, 0.3) is 21.1 Å². The van der Waals surface area contributed by atoms with E-state index in [0.717, 1.165) is 58.0 Å². The molecule has 1 aliphatic heterocycles. The first kappa shape index (κ1) is 23.5. The van der Waals surface area contributed by atoms with E-state index in [1.54, 1.807) is 23.5 Å². The molecular weight excluding hydrogens is 496 g/mol. The fourth-order valence-corrected chi connectivity index (χ4v) is 6.65. The summed E-state index contributed by atoms with van der Waals surface area (Å²) in [5, 5.41) is 14.5. The van der Waals surface area contributed by atoms with Gasteiger partial charge in [-0.05, 0) is 73.9 Å². The van der Waals surface area contributed by atoms with Crippen molar-refractivity contribution in [2.75, 3.05) is 13.1 Å². The van der Waals surface area contributed by atoms with Crippen LogP contribution in [0.4, 0.5) is 0 Å². The molecule has 3 heterocycles. The zero-order chi connectivity index (χ0) is 25.0. The second-order valence-electron chi connectivity index (χ2n) is 9.90. The number of aryl methyl sites for hydroxylation is 1. The third kappa shape index (κ3) is 4.49. The molecule has 186 valence electrons. The van der Waals surface area contributed by atoms with Crippen molar-refractivity contribution in [3.8, 4) is 0 Å². The second kappa shape index (κ2) is 9.18. The van der Waals surface area contributed by atoms with E-state index < -0.39 is 5.97 Å². The number of carbonyl (C=O) groups excluding carboxylic acids is 1. The van der Waals surface area contributed by atoms with Gasteiger partial charge in [0.15, 0.2) is 5.82 Å². The number of aromatic nitrogens is 2. The number of amides is 1. The van der Waals surface area contributed by atoms with Gasteiger partial charge < -0.3 is 19.9 Å². The van der Waals surface area contributed by atoms with E-state index in [1.807, 2.05) is 29.7 Å². The highest BCUT2D eigenvalue weighted by Crippen LogP contribution is 2.32. The van der Waals surface area contributed by atoms with Gasteiger partial charge in [0, 0.05) is 39.8 Å². The minimum atomic E-state index is -1.01. The number of carboxylic acid groups (broad SMARTS) is 1. The summed E-state index contributed by atoms with van der Waals surface area (Å²) >= 11 is 7.82. The summed E-state index contributed by atoms with van der Waals surface area (Å²) in [5.74, 6) is -0.906. The van der Waals surface area contributed by atoms with Gasteiger partial charge in [0.25, 0.3) is 5.91 Å². The van der Waals surface area contributed by atoms with E-state index in [-0.39, 0.29) is 17.5 Å². The molecule has 2 aromatic heterocycles. The van der Waals surface area contributed by atoms with Crippen LogP contribution < -0.4 is 5.32 Å². The van der Waals surface area contributed by atoms with Crippen molar-refractivity contribution >= 4 is 55.9 Å². The topological polar surface area (TPSA) is 87.5 Å². The van der Waals surface area contributed by atoms with Gasteiger partial charge in [-0.15, -0.1) is 11.3 Å². The standard InChI is InChI=1S/C27H27ClN4O3S/c1-15-10-17(27(34)35)12-22-24(15)32(14-21-11-16-2-3-18(28)13-23(16)36-21)25(30-22)26(33)29-19-6-8-31(9-7-19)20-4-5-20/h2-3,10-13,19-20H,4-9,14H2,1H3,(H,29,33)(H,34,35). The Balaban J connectivity index is 1.34. The Morgan fingerprint density at radius 1 is 1.14 bits per heavy atom. The number of carbonyl (C=O) groups is 2. The molecule has 2 N–H and O–H groups in total. The number of likely N-dealkylation sites (tertiary alicyclic amines) is 1. The zero-order valence-corrected chi connectivity index (χ0v) is 21.5. The number of aromatic carboxylic acids is 1. The highest BCUT2D eigenvalue weighted by atomic mass is 35.5. The molecule has 0 unspecified atom stereocenters. The van der Waals surface area contributed by atoms with Gasteiger partial charge in [0.2, 0.25) is 0 Å². The number of carboxylic acids is 1. The monoisotopic (exact) mass is 522 g/mol. The Morgan fingerprint density at radius 3 is 2.64 bits per heavy atom. The molecule has 9 heteroatoms. The molecule has 2 fully saturated rings. The van der Waals surface area contributed by atoms with E-state index in [1.165, 1.54) is 12.8 Å². The molecule has 36 heavy (non-hydrogen) atoms. The molecule has 1 amide bonds. The summed E-state index contributed by atoms with van der Waals surface area (Å²) in [6.45, 7) is 4.35. The maximum absolute atomic E-state index is 13.5. The number of thiophene rings is 1. The lowest BCUT2D eigenvalue weighted by Gasteiger charge is -2.32. The van der Waals surface area contributed by atoms with Crippen LogP contribution in [0, 0.1) is 6.92 Å². The predicted octanol–water partition coefficient (Wildman–Crippen LogP) is 5.32. The lowest BCUT2D eigenvalue weighted by Crippen LogP contribution is -2.45. The predicted molar refractivity (Wildman–Crippen MR) is 142 cm³/mol. The maximum atomic E-state index is 13.5. The van der Waals surface area contributed by atoms with Gasteiger partial charge in [-0.3, -0.25) is 4.79 Å². The summed E-state index contributed by atoms with van der Waals surface area (Å²) in [4.78, 5) is 33.4. The number of fused-ring (bicyclic) bond motifs is 2. The Kier molecular flexibility index (Phi) is 5.98. The van der Waals surface area contributed by atoms with Gasteiger partial charge in [-0.25, -0.2) is 9.78 Å². The lowest BCUT2D eigenvalue weighted by molar-refractivity contribution is 0.0696. The maximum Gasteiger partial charge on any atom is 0.335 e. The number of hydrogen-bond acceptors (Lipinski definition) is 5. The zero-order valence-electron chi connectivity index (χ0n) is 20.0. The third-order valence-electron chi connectivity index (χ3n) is 7.26. The van der Waals surface area contributed by atoms with Gasteiger partial charge in [0.05, 0.1) is 23.1 Å². The number of imidazole rings is 1. The normalized spacial score (nSPS) is 17.2. The number of halogens is 1. The third-order valence-corrected chi connectivity index (χ3v) is 8.58. The van der Waals surface area contributed by atoms with Crippen molar-refractivity contribution < 1.29 is 14.7 Å². The fraction of sp³-hybridized carbons (Fsp3) is 0.370. The van der Waals surface area contributed by atoms with Gasteiger partial charge in [0.1, 0.15) is 0 Å². The van der Waals surface area contributed by atoms with Crippen LogP contribution in [0.1, 0.15) is 57.1 Å². The lowest BCUT2D eigenvalue weighted by atomic mass is 10.0. The number of piperidine rings is 1. The van der Waals surface area contributed by atoms with Crippen molar-refractivity contribution in [3.05, 3.63) is 63.2 Å². The summed E-state index contributed by atoms with van der Waals surface area (Å²) in [5.41, 5.74) is 2.24. The van der Waals surface area contributed by atoms with E-state index in [9.17, 15) is 14.7 Å². The number of benzene rings is 2. The molecule has 1 saturated heterocycles. The molecule has 1 aliphatic carbocycles. The second-order valence-corrected chi connectivity index (χ2v) is 11.5. The van der Waals surface area contributed by atoms with Crippen molar-refractivity contribution in [3.63, 3.8) is 0 Å². The van der Waals surface area contributed by atoms with Gasteiger partial charge >= 0.3 is 5.97 Å². The number of rotatable bonds is 6. The molecule has 7 nitrogen and oxygen atoms in total. The first-order valence-corrected chi connectivity index (χ1v) is 13.5. The summed E-state index contributed by atoms with van der Waals surface area (Å²) in [6.07, 6.45) is 4.45. The minimum absolute atomic E-state index is 0.114. The van der Waals surface area contributed by atoms with E-state index in [0.29, 0.717) is 22.9 Å². The molecule has 1 saturated carbocycles. The molecule has 0 atom stereocenters. The summed E-state index contributed by atoms with van der Waals surface area (Å²) in [7, 11) is 0. The van der Waals surface area contributed by atoms with Crippen LogP contribution in [0.15, 0.2) is 36.4 Å². The highest BCUT2D eigenvalue weighted by molar-refractivity contribution is 7.19. The molecule has 0 spiro atoms. The van der Waals surface area contributed by atoms with Crippen molar-refractivity contribution in [2.24, 2.45) is 0 Å². The van der Waals surface area contributed by atoms with Crippen LogP contribution in [0.2, 0.25) is 5.02 Å². The van der Waals surface area contributed by atoms with Crippen LogP contribution in [0.3, 0.4) is 0 Å². The average molecular weight is 523 g/mol. The van der Waals surface area contributed by atoms with Crippen molar-refractivity contribution in [1.29, 1.82) is 0 Å². The molecule has 4 aromatic rings. The van der Waals surface area contributed by atoms with Crippen LogP contribution >= 0.6 is 22.9 Å². The fourth-order valence-electron chi connectivity index (χ4n) is 5.32. The average Bonchev–Trinajstić information content (AvgIpc) is 3.52. The van der Waals surface area contributed by atoms with Crippen LogP contribution in [-0.2, 0) is 6.54 Å². The van der Waals surface area contributed by atoms with E-state index >= 15 is 0 Å². The Morgan fingerprint density at radius 2 is 1.92 bits per heavy atom. The van der Waals surface area contributed by atoms with E-state index in [4.69, 9.17) is 11.6 Å². The number of nitrogens with zero attached hydrogens (tertiary/aromatic N) is 3. The molecular formula is C27H27ClN4O3S.